The number of ether oxygens (including phenoxy) is 2. The number of benzene rings is 1. The first-order valence-corrected chi connectivity index (χ1v) is 11.9. The number of piperidine rings is 1. The lowest BCUT2D eigenvalue weighted by atomic mass is 9.93. The van der Waals surface area contributed by atoms with E-state index in [1.807, 2.05) is 7.11 Å². The summed E-state index contributed by atoms with van der Waals surface area (Å²) in [5, 5.41) is 0. The van der Waals surface area contributed by atoms with Gasteiger partial charge >= 0.3 is 6.01 Å². The highest BCUT2D eigenvalue weighted by Gasteiger charge is 2.35. The van der Waals surface area contributed by atoms with Gasteiger partial charge in [0.1, 0.15) is 5.82 Å². The second-order valence-electron chi connectivity index (χ2n) is 9.77. The molecule has 4 rings (SSSR count). The first kappa shape index (κ1) is 22.8. The standard InChI is InChI=1S/C26H38N4O2/c1-16(2)20-9-8-17(3)24(14-20)29-11-10-23-22(15-29)25(28-26(27-23)32-7)30-18(4)12-21(31-6)13-19(30)5/h8-9,14,16,18-19,21H,10-13,15H2,1-7H3/t18-,19+,21?. The first-order chi connectivity index (χ1) is 15.3. The van der Waals surface area contributed by atoms with Crippen molar-refractivity contribution in [3.8, 4) is 6.01 Å². The molecule has 0 amide bonds. The van der Waals surface area contributed by atoms with Crippen LogP contribution in [0, 0.1) is 6.92 Å². The minimum Gasteiger partial charge on any atom is -0.467 e. The van der Waals surface area contributed by atoms with Gasteiger partial charge in [0.25, 0.3) is 0 Å². The fourth-order valence-corrected chi connectivity index (χ4v) is 5.34. The molecule has 1 aromatic heterocycles. The minimum absolute atomic E-state index is 0.300. The van der Waals surface area contributed by atoms with Crippen LogP contribution in [0.25, 0.3) is 0 Å². The van der Waals surface area contributed by atoms with Gasteiger partial charge in [-0.25, -0.2) is 0 Å². The number of anilines is 2. The van der Waals surface area contributed by atoms with Crippen LogP contribution in [-0.2, 0) is 17.7 Å². The summed E-state index contributed by atoms with van der Waals surface area (Å²) in [5.74, 6) is 1.54. The molecule has 1 unspecified atom stereocenters. The van der Waals surface area contributed by atoms with Crippen LogP contribution >= 0.6 is 0 Å². The number of hydrogen-bond donors (Lipinski definition) is 0. The summed E-state index contributed by atoms with van der Waals surface area (Å²) in [6.07, 6.45) is 3.19. The number of hydrogen-bond acceptors (Lipinski definition) is 6. The zero-order chi connectivity index (χ0) is 23.0. The Hall–Kier alpha value is -2.34. The highest BCUT2D eigenvalue weighted by molar-refractivity contribution is 5.61. The molecule has 32 heavy (non-hydrogen) atoms. The van der Waals surface area contributed by atoms with Crippen molar-refractivity contribution in [2.24, 2.45) is 0 Å². The van der Waals surface area contributed by atoms with Crippen LogP contribution in [0.15, 0.2) is 18.2 Å². The van der Waals surface area contributed by atoms with E-state index in [-0.39, 0.29) is 0 Å². The van der Waals surface area contributed by atoms with Crippen LogP contribution in [0.4, 0.5) is 11.5 Å². The van der Waals surface area contributed by atoms with Crippen molar-refractivity contribution in [2.45, 2.75) is 84.5 Å². The molecular formula is C26H38N4O2. The van der Waals surface area contributed by atoms with Crippen LogP contribution < -0.4 is 14.5 Å². The lowest BCUT2D eigenvalue weighted by Gasteiger charge is -2.44. The largest absolute Gasteiger partial charge is 0.467 e. The van der Waals surface area contributed by atoms with Crippen LogP contribution in [0.2, 0.25) is 0 Å². The molecule has 6 nitrogen and oxygen atoms in total. The SMILES string of the molecule is COc1nc2c(c(N3[C@H](C)CC(OC)C[C@@H]3C)n1)CN(c1cc(C(C)C)ccc1C)CC2. The zero-order valence-electron chi connectivity index (χ0n) is 20.7. The van der Waals surface area contributed by atoms with Crippen LogP contribution in [-0.4, -0.2) is 48.9 Å². The van der Waals surface area contributed by atoms with Crippen molar-refractivity contribution in [3.05, 3.63) is 40.6 Å². The Bertz CT molecular complexity index is 949. The van der Waals surface area contributed by atoms with E-state index in [2.05, 4.69) is 62.6 Å². The van der Waals surface area contributed by atoms with Crippen molar-refractivity contribution < 1.29 is 9.47 Å². The lowest BCUT2D eigenvalue weighted by Crippen LogP contribution is -2.50. The highest BCUT2D eigenvalue weighted by atomic mass is 16.5. The number of rotatable bonds is 5. The van der Waals surface area contributed by atoms with Crippen molar-refractivity contribution in [1.29, 1.82) is 0 Å². The van der Waals surface area contributed by atoms with Gasteiger partial charge in [-0.05, 0) is 56.7 Å². The summed E-state index contributed by atoms with van der Waals surface area (Å²) >= 11 is 0. The molecule has 0 aliphatic carbocycles. The van der Waals surface area contributed by atoms with Gasteiger partial charge in [-0.3, -0.25) is 0 Å². The molecule has 0 saturated carbocycles. The lowest BCUT2D eigenvalue weighted by molar-refractivity contribution is 0.0611. The van der Waals surface area contributed by atoms with E-state index in [9.17, 15) is 0 Å². The Balaban J connectivity index is 1.73. The number of fused-ring (bicyclic) bond motifs is 1. The molecular weight excluding hydrogens is 400 g/mol. The summed E-state index contributed by atoms with van der Waals surface area (Å²) in [6, 6.07) is 8.03. The predicted octanol–water partition coefficient (Wildman–Crippen LogP) is 4.87. The Morgan fingerprint density at radius 1 is 1.06 bits per heavy atom. The Labute approximate surface area is 193 Å². The number of methoxy groups -OCH3 is 2. The van der Waals surface area contributed by atoms with E-state index in [4.69, 9.17) is 19.4 Å². The van der Waals surface area contributed by atoms with Crippen LogP contribution in [0.3, 0.4) is 0 Å². The van der Waals surface area contributed by atoms with Gasteiger partial charge in [-0.1, -0.05) is 26.0 Å². The molecule has 1 aromatic carbocycles. The summed E-state index contributed by atoms with van der Waals surface area (Å²) in [4.78, 5) is 14.6. The second kappa shape index (κ2) is 9.26. The molecule has 0 spiro atoms. The third kappa shape index (κ3) is 4.29. The van der Waals surface area contributed by atoms with Gasteiger partial charge < -0.3 is 19.3 Å². The summed E-state index contributed by atoms with van der Waals surface area (Å²) in [6.45, 7) is 13.0. The number of aromatic nitrogens is 2. The molecule has 0 bridgehead atoms. The molecule has 0 radical (unpaired) electrons. The van der Waals surface area contributed by atoms with Gasteiger partial charge in [0.05, 0.1) is 18.9 Å². The van der Waals surface area contributed by atoms with Crippen molar-refractivity contribution in [2.75, 3.05) is 30.6 Å². The molecule has 1 fully saturated rings. The third-order valence-corrected chi connectivity index (χ3v) is 7.18. The molecule has 3 heterocycles. The van der Waals surface area contributed by atoms with Gasteiger partial charge in [0.15, 0.2) is 0 Å². The molecule has 2 aliphatic heterocycles. The fraction of sp³-hybridized carbons (Fsp3) is 0.615. The first-order valence-electron chi connectivity index (χ1n) is 11.9. The topological polar surface area (TPSA) is 50.7 Å². The van der Waals surface area contributed by atoms with Crippen molar-refractivity contribution in [1.82, 2.24) is 9.97 Å². The minimum atomic E-state index is 0.300. The molecule has 174 valence electrons. The Morgan fingerprint density at radius 3 is 2.41 bits per heavy atom. The Kier molecular flexibility index (Phi) is 6.61. The quantitative estimate of drug-likeness (QED) is 0.664. The molecule has 0 N–H and O–H groups in total. The predicted molar refractivity (Wildman–Crippen MR) is 130 cm³/mol. The maximum Gasteiger partial charge on any atom is 0.318 e. The average molecular weight is 439 g/mol. The van der Waals surface area contributed by atoms with E-state index in [0.29, 0.717) is 30.1 Å². The molecule has 6 heteroatoms. The summed E-state index contributed by atoms with van der Waals surface area (Å²) in [7, 11) is 3.48. The average Bonchev–Trinajstić information content (AvgIpc) is 2.78. The maximum atomic E-state index is 5.70. The van der Waals surface area contributed by atoms with Gasteiger partial charge in [-0.2, -0.15) is 9.97 Å². The normalized spacial score (nSPS) is 23.4. The van der Waals surface area contributed by atoms with Gasteiger partial charge in [0, 0.05) is 50.0 Å². The highest BCUT2D eigenvalue weighted by Crippen LogP contribution is 2.37. The van der Waals surface area contributed by atoms with E-state index in [1.54, 1.807) is 7.11 Å². The zero-order valence-corrected chi connectivity index (χ0v) is 20.7. The third-order valence-electron chi connectivity index (χ3n) is 7.18. The maximum absolute atomic E-state index is 5.70. The van der Waals surface area contributed by atoms with E-state index >= 15 is 0 Å². The Morgan fingerprint density at radius 2 is 1.78 bits per heavy atom. The number of nitrogens with zero attached hydrogens (tertiary/aromatic N) is 4. The van der Waals surface area contributed by atoms with Gasteiger partial charge in [-0.15, -0.1) is 0 Å². The van der Waals surface area contributed by atoms with E-state index in [0.717, 1.165) is 43.9 Å². The molecule has 2 aromatic rings. The summed E-state index contributed by atoms with van der Waals surface area (Å²) < 4.78 is 11.2. The van der Waals surface area contributed by atoms with E-state index in [1.165, 1.54) is 22.4 Å². The van der Waals surface area contributed by atoms with Crippen molar-refractivity contribution in [3.63, 3.8) is 0 Å². The van der Waals surface area contributed by atoms with E-state index < -0.39 is 0 Å². The summed E-state index contributed by atoms with van der Waals surface area (Å²) in [5.41, 5.74) is 6.38. The molecule has 2 aliphatic rings. The smallest absolute Gasteiger partial charge is 0.318 e. The van der Waals surface area contributed by atoms with Crippen LogP contribution in [0.1, 0.15) is 68.8 Å². The monoisotopic (exact) mass is 438 g/mol. The van der Waals surface area contributed by atoms with Crippen LogP contribution in [0.5, 0.6) is 6.01 Å². The van der Waals surface area contributed by atoms with Crippen molar-refractivity contribution >= 4 is 11.5 Å². The fourth-order valence-electron chi connectivity index (χ4n) is 5.34. The molecule has 1 saturated heterocycles. The van der Waals surface area contributed by atoms with Gasteiger partial charge in [0.2, 0.25) is 0 Å². The molecule has 3 atom stereocenters. The second-order valence-corrected chi connectivity index (χ2v) is 9.77. The number of aryl methyl sites for hydroxylation is 1.